The molecule has 33 heteroatoms. The molecule has 4 N–H and O–H groups in total. The molecule has 0 amide bonds. The number of carbonyl (C=O) groups excluding carboxylic acids is 1. The lowest BCUT2D eigenvalue weighted by Crippen LogP contribution is -3.00. The van der Waals surface area contributed by atoms with Crippen LogP contribution < -0.4 is 33.9 Å². The summed E-state index contributed by atoms with van der Waals surface area (Å²) >= 11 is 0. The molecule has 6 aromatic heterocycles. The van der Waals surface area contributed by atoms with E-state index in [1.165, 1.54) is 81.9 Å². The lowest BCUT2D eigenvalue weighted by molar-refractivity contribution is -0.687. The van der Waals surface area contributed by atoms with Crippen molar-refractivity contribution in [1.82, 2.24) is 64.2 Å². The van der Waals surface area contributed by atoms with Crippen LogP contribution >= 0.6 is 0 Å². The number of halogens is 11. The van der Waals surface area contributed by atoms with Crippen molar-refractivity contribution >= 4 is 11.9 Å². The molecule has 0 aliphatic carbocycles. The fourth-order valence-electron chi connectivity index (χ4n) is 9.28. The molecule has 0 saturated carbocycles. The summed E-state index contributed by atoms with van der Waals surface area (Å²) in [6.45, 7) is 8.13. The van der Waals surface area contributed by atoms with Gasteiger partial charge in [0, 0.05) is 62.8 Å². The molecule has 9 aromatic rings. The molecule has 0 aliphatic heterocycles. The van der Waals surface area contributed by atoms with Crippen LogP contribution in [0.1, 0.15) is 93.1 Å². The number of aromatic nitrogens is 15. The van der Waals surface area contributed by atoms with E-state index in [2.05, 4.69) is 50.2 Å². The SMILES string of the molecule is C[C@@H](c1ncncc1F)[C@](O)(Cn1c[n+](CC(=O)O)cn1)c1ccc(F)cc1F.C[C@@H](c1ncncc1F)[C@](O)(Cn1c[n+](CC(=O)OC(C)(C)C)cn1)c1ccc(F)cc1F.C[C@@H](c1ncncc1F)[C@](O)(Cn1cncn1)c1ccc(F)cc1F.[Cl-].[Cl-]. The van der Waals surface area contributed by atoms with Gasteiger partial charge < -0.3 is 50.0 Å². The Kier molecular flexibility index (Phi) is 23.8. The first-order chi connectivity index (χ1) is 41.0. The molecule has 6 heterocycles. The molecule has 0 aliphatic rings. The van der Waals surface area contributed by atoms with E-state index in [4.69, 9.17) is 9.84 Å². The molecule has 0 saturated heterocycles. The Balaban J connectivity index is 0.000000242. The van der Waals surface area contributed by atoms with Gasteiger partial charge in [0.1, 0.15) is 102 Å². The zero-order valence-electron chi connectivity index (χ0n) is 47.8. The summed E-state index contributed by atoms with van der Waals surface area (Å²) in [5.74, 6) is -12.5. The van der Waals surface area contributed by atoms with Crippen molar-refractivity contribution in [2.45, 2.75) is 114 Å². The number of aliphatic carboxylic acids is 1. The third kappa shape index (κ3) is 17.5. The van der Waals surface area contributed by atoms with Crippen molar-refractivity contribution < 1.29 is 108 Å². The Bertz CT molecular complexity index is 3860. The summed E-state index contributed by atoms with van der Waals surface area (Å²) in [6.07, 6.45) is 14.0. The van der Waals surface area contributed by atoms with E-state index in [9.17, 15) is 64.4 Å². The van der Waals surface area contributed by atoms with Crippen LogP contribution in [0.2, 0.25) is 0 Å². The first-order valence-electron chi connectivity index (χ1n) is 26.0. The van der Waals surface area contributed by atoms with Crippen molar-refractivity contribution in [2.24, 2.45) is 0 Å². The van der Waals surface area contributed by atoms with Gasteiger partial charge in [0.25, 0.3) is 12.7 Å². The molecule has 474 valence electrons. The predicted molar refractivity (Wildman–Crippen MR) is 280 cm³/mol. The number of ether oxygens (including phenoxy) is 1. The van der Waals surface area contributed by atoms with Gasteiger partial charge >= 0.3 is 11.9 Å². The van der Waals surface area contributed by atoms with Gasteiger partial charge in [0.15, 0.2) is 30.5 Å². The number of esters is 1. The average molecular weight is 1290 g/mol. The summed E-state index contributed by atoms with van der Waals surface area (Å²) in [4.78, 5) is 49.0. The molecule has 22 nitrogen and oxygen atoms in total. The number of benzene rings is 3. The van der Waals surface area contributed by atoms with Gasteiger partial charge in [-0.1, -0.05) is 39.0 Å². The number of nitrogens with zero attached hydrogens (tertiary/aromatic N) is 15. The van der Waals surface area contributed by atoms with Crippen LogP contribution in [0.25, 0.3) is 0 Å². The van der Waals surface area contributed by atoms with Crippen molar-refractivity contribution in [1.29, 1.82) is 0 Å². The quantitative estimate of drug-likeness (QED) is 0.0462. The Morgan fingerprint density at radius 3 is 1.16 bits per heavy atom. The average Bonchev–Trinajstić information content (AvgIpc) is 1.63. The third-order valence-electron chi connectivity index (χ3n) is 13.6. The maximum atomic E-state index is 14.7. The number of carboxylic acid groups (broad SMARTS) is 1. The molecule has 3 aromatic carbocycles. The van der Waals surface area contributed by atoms with E-state index >= 15 is 0 Å². The highest BCUT2D eigenvalue weighted by atomic mass is 35.5. The van der Waals surface area contributed by atoms with Gasteiger partial charge in [-0.15, -0.1) is 9.36 Å². The Labute approximate surface area is 513 Å². The molecule has 89 heavy (non-hydrogen) atoms. The van der Waals surface area contributed by atoms with Crippen molar-refractivity contribution in [3.05, 3.63) is 216 Å². The van der Waals surface area contributed by atoms with Gasteiger partial charge in [-0.3, -0.25) is 0 Å². The highest BCUT2D eigenvalue weighted by molar-refractivity contribution is 5.68. The number of hydrogen-bond donors (Lipinski definition) is 4. The van der Waals surface area contributed by atoms with Gasteiger partial charge in [-0.2, -0.15) is 5.10 Å². The van der Waals surface area contributed by atoms with Crippen molar-refractivity contribution in [3.63, 3.8) is 0 Å². The highest BCUT2D eigenvalue weighted by Crippen LogP contribution is 2.42. The second-order valence-corrected chi connectivity index (χ2v) is 20.9. The molecule has 9 rings (SSSR count). The number of rotatable bonds is 19. The minimum Gasteiger partial charge on any atom is -1.00 e. The van der Waals surface area contributed by atoms with E-state index in [1.54, 1.807) is 20.8 Å². The number of aliphatic hydroxyl groups is 3. The molecular weight excluding hydrogens is 1240 g/mol. The Hall–Kier alpha value is -8.91. The standard InChI is InChI=1S/C22H25F3N5O3.C18H16F3N5O3.C16H14F3N5O.2ClH/c1-14(20-18(25)8-26-11-27-20)22(32,16-6-5-15(23)7-17(16)24)10-30-13-29(12-28-30)9-19(31)33-21(2,3)4;1-11(17-15(21)5-22-8-23-17)18(29,13-3-2-12(19)4-14(13)20)7-26-10-25(9-24-26)6-16(27)28;1-10(15-14(19)5-20-7-22-15)16(25,6-24-9-21-8-23-24)12-3-2-11(17)4-13(12)18;;/h5-8,11-14,32H,9-10H2,1-4H3;2-5,8-11,29H,6-7H2,1H3;2-5,7-10,25H,6H2,1H3;2*1H/q+1;;;;/p-1/t14-,22+;11-,18+;10-,16+;;/m000../s1. The molecule has 0 radical (unpaired) electrons. The highest BCUT2D eigenvalue weighted by Gasteiger charge is 2.46. The molecule has 0 unspecified atom stereocenters. The Morgan fingerprint density at radius 1 is 0.506 bits per heavy atom. The van der Waals surface area contributed by atoms with Crippen LogP contribution in [0.3, 0.4) is 0 Å². The third-order valence-corrected chi connectivity index (χ3v) is 13.6. The van der Waals surface area contributed by atoms with Gasteiger partial charge in [-0.05, 0) is 39.0 Å². The molecule has 0 bridgehead atoms. The second-order valence-electron chi connectivity index (χ2n) is 20.9. The molecular formula is C56H56Cl2F9N15O7. The molecule has 6 atom stereocenters. The van der Waals surface area contributed by atoms with Crippen molar-refractivity contribution in [2.75, 3.05) is 0 Å². The van der Waals surface area contributed by atoms with Gasteiger partial charge in [-0.25, -0.2) is 97.8 Å². The summed E-state index contributed by atoms with van der Waals surface area (Å²) in [7, 11) is 0. The maximum Gasteiger partial charge on any atom is 0.341 e. The topological polar surface area (TPSA) is 276 Å². The van der Waals surface area contributed by atoms with E-state index in [0.29, 0.717) is 18.2 Å². The van der Waals surface area contributed by atoms with Crippen LogP contribution in [0.4, 0.5) is 39.5 Å². The lowest BCUT2D eigenvalue weighted by atomic mass is 9.79. The first kappa shape index (κ1) is 70.8. The van der Waals surface area contributed by atoms with E-state index in [-0.39, 0.29) is 91.3 Å². The molecule has 0 fully saturated rings. The fourth-order valence-corrected chi connectivity index (χ4v) is 9.28. The number of carboxylic acids is 1. The second kappa shape index (κ2) is 29.9. The summed E-state index contributed by atoms with van der Waals surface area (Å²) < 4.78 is 138. The lowest BCUT2D eigenvalue weighted by Gasteiger charge is -2.34. The van der Waals surface area contributed by atoms with E-state index in [0.717, 1.165) is 74.0 Å². The van der Waals surface area contributed by atoms with Crippen LogP contribution in [0, 0.1) is 52.4 Å². The largest absolute Gasteiger partial charge is 1.00 e. The predicted octanol–water partition coefficient (Wildman–Crippen LogP) is -0.250. The van der Waals surface area contributed by atoms with Crippen LogP contribution in [-0.4, -0.2) is 102 Å². The Morgan fingerprint density at radius 2 is 0.854 bits per heavy atom. The zero-order chi connectivity index (χ0) is 63.6. The summed E-state index contributed by atoms with van der Waals surface area (Å²) in [5, 5.41) is 55.2. The van der Waals surface area contributed by atoms with Gasteiger partial charge in [0.2, 0.25) is 12.7 Å². The minimum absolute atomic E-state index is 0. The fraction of sp³-hybridized carbons (Fsp3) is 0.321. The monoisotopic (exact) mass is 1290 g/mol. The van der Waals surface area contributed by atoms with E-state index < -0.39 is 104 Å². The maximum absolute atomic E-state index is 14.7. The van der Waals surface area contributed by atoms with Crippen LogP contribution in [0.15, 0.2) is 130 Å². The zero-order valence-corrected chi connectivity index (χ0v) is 49.3. The normalized spacial score (nSPS) is 14.3. The van der Waals surface area contributed by atoms with Crippen LogP contribution in [-0.2, 0) is 63.9 Å². The number of carbonyl (C=O) groups is 2. The minimum atomic E-state index is -2.10. The molecule has 0 spiro atoms. The van der Waals surface area contributed by atoms with Crippen LogP contribution in [0.5, 0.6) is 0 Å². The first-order valence-corrected chi connectivity index (χ1v) is 26.0. The van der Waals surface area contributed by atoms with Gasteiger partial charge in [0.05, 0.1) is 42.2 Å². The summed E-state index contributed by atoms with van der Waals surface area (Å²) in [5.41, 5.74) is -7.96. The smallest absolute Gasteiger partial charge is 0.341 e. The van der Waals surface area contributed by atoms with E-state index in [1.807, 2.05) is 0 Å². The summed E-state index contributed by atoms with van der Waals surface area (Å²) in [6, 6.07) is 8.17. The number of hydrogen-bond acceptors (Lipinski definition) is 16. The van der Waals surface area contributed by atoms with Crippen molar-refractivity contribution in [3.8, 4) is 0 Å².